The zero-order valence-corrected chi connectivity index (χ0v) is 12.7. The van der Waals surface area contributed by atoms with E-state index in [-0.39, 0.29) is 17.9 Å². The standard InChI is InChI=1S/C17H21NO4/c1-11-10-12(7-9-22-11)16(19)18-8-6-14(17(20)21)13-4-2-3-5-15(13)18/h2-5,11-12,14H,6-10H2,1H3,(H,20,21). The number of carbonyl (C=O) groups is 2. The fourth-order valence-electron chi connectivity index (χ4n) is 3.49. The summed E-state index contributed by atoms with van der Waals surface area (Å²) in [6, 6.07) is 7.36. The number of carbonyl (C=O) groups excluding carboxylic acids is 1. The Bertz CT molecular complexity index is 586. The molecule has 118 valence electrons. The Morgan fingerprint density at radius 3 is 2.77 bits per heavy atom. The Morgan fingerprint density at radius 1 is 1.27 bits per heavy atom. The number of fused-ring (bicyclic) bond motifs is 1. The van der Waals surface area contributed by atoms with Gasteiger partial charge in [-0.2, -0.15) is 0 Å². The Morgan fingerprint density at radius 2 is 2.05 bits per heavy atom. The maximum atomic E-state index is 12.9. The molecule has 0 aromatic heterocycles. The summed E-state index contributed by atoms with van der Waals surface area (Å²) in [5.41, 5.74) is 1.50. The lowest BCUT2D eigenvalue weighted by molar-refractivity contribution is -0.139. The number of anilines is 1. The van der Waals surface area contributed by atoms with E-state index in [1.807, 2.05) is 31.2 Å². The Kier molecular flexibility index (Phi) is 4.16. The summed E-state index contributed by atoms with van der Waals surface area (Å²) >= 11 is 0. The average Bonchev–Trinajstić information content (AvgIpc) is 2.53. The summed E-state index contributed by atoms with van der Waals surface area (Å²) in [5.74, 6) is -1.27. The van der Waals surface area contributed by atoms with Crippen LogP contribution in [0, 0.1) is 5.92 Å². The molecule has 5 heteroatoms. The number of benzene rings is 1. The first-order valence-corrected chi connectivity index (χ1v) is 7.82. The van der Waals surface area contributed by atoms with E-state index in [1.54, 1.807) is 4.90 Å². The molecule has 3 unspecified atom stereocenters. The van der Waals surface area contributed by atoms with Crippen LogP contribution in [0.2, 0.25) is 0 Å². The molecule has 22 heavy (non-hydrogen) atoms. The molecule has 0 bridgehead atoms. The molecule has 1 saturated heterocycles. The first-order valence-electron chi connectivity index (χ1n) is 7.82. The van der Waals surface area contributed by atoms with Gasteiger partial charge in [-0.3, -0.25) is 9.59 Å². The predicted molar refractivity (Wildman–Crippen MR) is 81.9 cm³/mol. The van der Waals surface area contributed by atoms with E-state index >= 15 is 0 Å². The number of hydrogen-bond acceptors (Lipinski definition) is 3. The van der Waals surface area contributed by atoms with Gasteiger partial charge in [-0.15, -0.1) is 0 Å². The van der Waals surface area contributed by atoms with E-state index in [0.29, 0.717) is 19.6 Å². The molecule has 1 fully saturated rings. The number of nitrogens with zero attached hydrogens (tertiary/aromatic N) is 1. The van der Waals surface area contributed by atoms with Crippen molar-refractivity contribution >= 4 is 17.6 Å². The van der Waals surface area contributed by atoms with Gasteiger partial charge in [-0.05, 0) is 37.8 Å². The molecule has 1 N–H and O–H groups in total. The van der Waals surface area contributed by atoms with Gasteiger partial charge in [0.25, 0.3) is 0 Å². The Labute approximate surface area is 129 Å². The van der Waals surface area contributed by atoms with Gasteiger partial charge in [0.1, 0.15) is 0 Å². The first kappa shape index (κ1) is 15.0. The summed E-state index contributed by atoms with van der Waals surface area (Å²) < 4.78 is 5.52. The van der Waals surface area contributed by atoms with E-state index in [1.165, 1.54) is 0 Å². The van der Waals surface area contributed by atoms with Crippen molar-refractivity contribution in [3.05, 3.63) is 29.8 Å². The number of carboxylic acids is 1. The summed E-state index contributed by atoms with van der Waals surface area (Å²) in [6.07, 6.45) is 2.05. The molecule has 2 heterocycles. The van der Waals surface area contributed by atoms with Gasteiger partial charge in [0.05, 0.1) is 12.0 Å². The molecular formula is C17H21NO4. The number of rotatable bonds is 2. The molecule has 3 atom stereocenters. The minimum atomic E-state index is -0.820. The average molecular weight is 303 g/mol. The number of amides is 1. The van der Waals surface area contributed by atoms with Gasteiger partial charge in [-0.1, -0.05) is 18.2 Å². The highest BCUT2D eigenvalue weighted by Gasteiger charge is 2.36. The molecule has 1 amide bonds. The molecule has 0 spiro atoms. The number of carboxylic acid groups (broad SMARTS) is 1. The van der Waals surface area contributed by atoms with Gasteiger partial charge in [0, 0.05) is 24.8 Å². The topological polar surface area (TPSA) is 66.8 Å². The smallest absolute Gasteiger partial charge is 0.311 e. The Hall–Kier alpha value is -1.88. The molecule has 2 aliphatic rings. The Balaban J connectivity index is 1.87. The van der Waals surface area contributed by atoms with Crippen molar-refractivity contribution in [2.75, 3.05) is 18.1 Å². The van der Waals surface area contributed by atoms with Gasteiger partial charge in [0.15, 0.2) is 0 Å². The van der Waals surface area contributed by atoms with Crippen LogP contribution in [0.15, 0.2) is 24.3 Å². The van der Waals surface area contributed by atoms with E-state index < -0.39 is 11.9 Å². The minimum Gasteiger partial charge on any atom is -0.481 e. The van der Waals surface area contributed by atoms with Crippen molar-refractivity contribution < 1.29 is 19.4 Å². The molecule has 2 aliphatic heterocycles. The van der Waals surface area contributed by atoms with Crippen LogP contribution in [-0.4, -0.2) is 36.2 Å². The molecule has 5 nitrogen and oxygen atoms in total. The molecular weight excluding hydrogens is 282 g/mol. The van der Waals surface area contributed by atoms with Crippen molar-refractivity contribution in [3.8, 4) is 0 Å². The number of ether oxygens (including phenoxy) is 1. The first-order chi connectivity index (χ1) is 10.6. The normalized spacial score (nSPS) is 28.0. The predicted octanol–water partition coefficient (Wildman–Crippen LogP) is 2.41. The number of para-hydroxylation sites is 1. The molecule has 1 aromatic carbocycles. The van der Waals surface area contributed by atoms with Gasteiger partial charge < -0.3 is 14.7 Å². The fourth-order valence-corrected chi connectivity index (χ4v) is 3.49. The zero-order chi connectivity index (χ0) is 15.7. The largest absolute Gasteiger partial charge is 0.481 e. The third-order valence-corrected chi connectivity index (χ3v) is 4.64. The second kappa shape index (κ2) is 6.08. The maximum Gasteiger partial charge on any atom is 0.311 e. The van der Waals surface area contributed by atoms with Crippen LogP contribution in [-0.2, 0) is 14.3 Å². The molecule has 0 aliphatic carbocycles. The van der Waals surface area contributed by atoms with Crippen LogP contribution in [0.3, 0.4) is 0 Å². The van der Waals surface area contributed by atoms with E-state index in [0.717, 1.165) is 24.1 Å². The minimum absolute atomic E-state index is 0.0295. The molecule has 0 radical (unpaired) electrons. The quantitative estimate of drug-likeness (QED) is 0.911. The van der Waals surface area contributed by atoms with E-state index in [9.17, 15) is 14.7 Å². The highest BCUT2D eigenvalue weighted by molar-refractivity contribution is 5.97. The fraction of sp³-hybridized carbons (Fsp3) is 0.529. The summed E-state index contributed by atoms with van der Waals surface area (Å²) in [6.45, 7) is 3.08. The van der Waals surface area contributed by atoms with Gasteiger partial charge >= 0.3 is 5.97 Å². The van der Waals surface area contributed by atoms with Crippen LogP contribution in [0.1, 0.15) is 37.7 Å². The van der Waals surface area contributed by atoms with Crippen molar-refractivity contribution in [2.45, 2.75) is 38.2 Å². The van der Waals surface area contributed by atoms with E-state index in [2.05, 4.69) is 0 Å². The second-order valence-corrected chi connectivity index (χ2v) is 6.13. The molecule has 1 aromatic rings. The summed E-state index contributed by atoms with van der Waals surface area (Å²) in [7, 11) is 0. The van der Waals surface area contributed by atoms with Crippen LogP contribution in [0.25, 0.3) is 0 Å². The third-order valence-electron chi connectivity index (χ3n) is 4.64. The lowest BCUT2D eigenvalue weighted by Crippen LogP contribution is -2.43. The zero-order valence-electron chi connectivity index (χ0n) is 12.7. The van der Waals surface area contributed by atoms with E-state index in [4.69, 9.17) is 4.74 Å². The second-order valence-electron chi connectivity index (χ2n) is 6.13. The number of hydrogen-bond donors (Lipinski definition) is 1. The van der Waals surface area contributed by atoms with Crippen molar-refractivity contribution in [1.82, 2.24) is 0 Å². The third kappa shape index (κ3) is 2.73. The molecule has 0 saturated carbocycles. The summed E-state index contributed by atoms with van der Waals surface area (Å²) in [4.78, 5) is 26.1. The monoisotopic (exact) mass is 303 g/mol. The van der Waals surface area contributed by atoms with Crippen LogP contribution >= 0.6 is 0 Å². The van der Waals surface area contributed by atoms with Crippen molar-refractivity contribution in [2.24, 2.45) is 5.92 Å². The lowest BCUT2D eigenvalue weighted by Gasteiger charge is -2.36. The van der Waals surface area contributed by atoms with Crippen molar-refractivity contribution in [3.63, 3.8) is 0 Å². The number of aliphatic carboxylic acids is 1. The molecule has 3 rings (SSSR count). The summed E-state index contributed by atoms with van der Waals surface area (Å²) in [5, 5.41) is 9.37. The SMILES string of the molecule is CC1CC(C(=O)N2CCC(C(=O)O)c3ccccc32)CCO1. The van der Waals surface area contributed by atoms with Crippen LogP contribution in [0.5, 0.6) is 0 Å². The van der Waals surface area contributed by atoms with Crippen molar-refractivity contribution in [1.29, 1.82) is 0 Å². The highest BCUT2D eigenvalue weighted by atomic mass is 16.5. The van der Waals surface area contributed by atoms with Crippen LogP contribution < -0.4 is 4.90 Å². The van der Waals surface area contributed by atoms with Gasteiger partial charge in [-0.25, -0.2) is 0 Å². The van der Waals surface area contributed by atoms with Gasteiger partial charge in [0.2, 0.25) is 5.91 Å². The lowest BCUT2D eigenvalue weighted by atomic mass is 9.88. The maximum absolute atomic E-state index is 12.9. The highest BCUT2D eigenvalue weighted by Crippen LogP contribution is 2.37. The van der Waals surface area contributed by atoms with Crippen LogP contribution in [0.4, 0.5) is 5.69 Å².